The molecular weight excluding hydrogens is 386 g/mol. The van der Waals surface area contributed by atoms with Gasteiger partial charge in [0, 0.05) is 6.54 Å². The van der Waals surface area contributed by atoms with Crippen LogP contribution in [0.1, 0.15) is 15.9 Å². The van der Waals surface area contributed by atoms with Gasteiger partial charge < -0.3 is 24.2 Å². The third kappa shape index (κ3) is 5.01. The Hall–Kier alpha value is -3.62. The van der Waals surface area contributed by atoms with Crippen molar-refractivity contribution in [2.75, 3.05) is 13.7 Å². The first-order valence-electron chi connectivity index (χ1n) is 8.65. The van der Waals surface area contributed by atoms with E-state index >= 15 is 0 Å². The first-order chi connectivity index (χ1) is 14.0. The molecule has 1 aromatic carbocycles. The number of rotatable bonds is 8. The van der Waals surface area contributed by atoms with Crippen LogP contribution in [-0.4, -0.2) is 31.2 Å². The summed E-state index contributed by atoms with van der Waals surface area (Å²) in [5, 5.41) is 2.63. The second-order valence-electron chi connectivity index (χ2n) is 5.96. The summed E-state index contributed by atoms with van der Waals surface area (Å²) < 4.78 is 39.6. The smallest absolute Gasteiger partial charge is 0.387 e. The third-order valence-corrected chi connectivity index (χ3v) is 4.08. The molecule has 3 aromatic rings. The van der Waals surface area contributed by atoms with E-state index in [4.69, 9.17) is 9.15 Å². The number of alkyl halides is 2. The highest BCUT2D eigenvalue weighted by Gasteiger charge is 2.13. The molecule has 9 heteroatoms. The SMILES string of the molecule is COc1ccc(CCNC(=O)c2ccc(-c3ccco3)[nH]c2=O)cc1OC(F)F. The number of carbonyl (C=O) groups is 1. The highest BCUT2D eigenvalue weighted by Crippen LogP contribution is 2.29. The van der Waals surface area contributed by atoms with E-state index in [1.807, 2.05) is 0 Å². The highest BCUT2D eigenvalue weighted by atomic mass is 19.3. The minimum absolute atomic E-state index is 0.0447. The molecule has 0 aliphatic carbocycles. The lowest BCUT2D eigenvalue weighted by Crippen LogP contribution is -2.31. The number of halogens is 2. The Labute approximate surface area is 164 Å². The van der Waals surface area contributed by atoms with E-state index in [9.17, 15) is 18.4 Å². The van der Waals surface area contributed by atoms with Gasteiger partial charge in [0.15, 0.2) is 11.5 Å². The summed E-state index contributed by atoms with van der Waals surface area (Å²) in [6, 6.07) is 11.0. The summed E-state index contributed by atoms with van der Waals surface area (Å²) in [6.45, 7) is -2.78. The molecule has 2 heterocycles. The zero-order chi connectivity index (χ0) is 20.8. The fourth-order valence-electron chi connectivity index (χ4n) is 2.71. The first-order valence-corrected chi connectivity index (χ1v) is 8.65. The summed E-state index contributed by atoms with van der Waals surface area (Å²) in [5.41, 5.74) is 0.524. The molecular formula is C20H18F2N2O5. The Bertz CT molecular complexity index is 1030. The molecule has 0 aliphatic rings. The molecule has 7 nitrogen and oxygen atoms in total. The number of carbonyl (C=O) groups excluding carboxylic acids is 1. The number of ether oxygens (including phenoxy) is 2. The topological polar surface area (TPSA) is 93.6 Å². The number of methoxy groups -OCH3 is 1. The quantitative estimate of drug-likeness (QED) is 0.601. The van der Waals surface area contributed by atoms with Crippen LogP contribution in [0, 0.1) is 0 Å². The largest absolute Gasteiger partial charge is 0.493 e. The Balaban J connectivity index is 1.62. The minimum Gasteiger partial charge on any atom is -0.493 e. The van der Waals surface area contributed by atoms with Crippen LogP contribution >= 0.6 is 0 Å². The van der Waals surface area contributed by atoms with Crippen molar-refractivity contribution in [3.05, 3.63) is 70.2 Å². The number of H-pyrrole nitrogens is 1. The van der Waals surface area contributed by atoms with Gasteiger partial charge in [0.05, 0.1) is 19.1 Å². The highest BCUT2D eigenvalue weighted by molar-refractivity contribution is 5.94. The summed E-state index contributed by atoms with van der Waals surface area (Å²) in [7, 11) is 1.35. The molecule has 2 aromatic heterocycles. The van der Waals surface area contributed by atoms with Crippen molar-refractivity contribution in [1.29, 1.82) is 0 Å². The zero-order valence-corrected chi connectivity index (χ0v) is 15.4. The summed E-state index contributed by atoms with van der Waals surface area (Å²) in [4.78, 5) is 27.0. The minimum atomic E-state index is -2.98. The third-order valence-electron chi connectivity index (χ3n) is 4.08. The average molecular weight is 404 g/mol. The van der Waals surface area contributed by atoms with Gasteiger partial charge in [0.2, 0.25) is 0 Å². The average Bonchev–Trinajstić information content (AvgIpc) is 3.22. The first kappa shape index (κ1) is 20.1. The molecule has 152 valence electrons. The van der Waals surface area contributed by atoms with Crippen LogP contribution < -0.4 is 20.3 Å². The van der Waals surface area contributed by atoms with Gasteiger partial charge in [0.25, 0.3) is 11.5 Å². The van der Waals surface area contributed by atoms with E-state index in [1.54, 1.807) is 24.3 Å². The van der Waals surface area contributed by atoms with Crippen molar-refractivity contribution in [1.82, 2.24) is 10.3 Å². The maximum Gasteiger partial charge on any atom is 0.387 e. The molecule has 3 rings (SSSR count). The van der Waals surface area contributed by atoms with Gasteiger partial charge in [-0.25, -0.2) is 0 Å². The fourth-order valence-corrected chi connectivity index (χ4v) is 2.71. The monoisotopic (exact) mass is 404 g/mol. The molecule has 0 aliphatic heterocycles. The van der Waals surface area contributed by atoms with E-state index in [0.717, 1.165) is 0 Å². The summed E-state index contributed by atoms with van der Waals surface area (Å²) in [6.07, 6.45) is 1.82. The van der Waals surface area contributed by atoms with E-state index in [2.05, 4.69) is 15.0 Å². The number of benzene rings is 1. The Morgan fingerprint density at radius 1 is 1.21 bits per heavy atom. The van der Waals surface area contributed by atoms with Gasteiger partial charge in [-0.05, 0) is 48.4 Å². The van der Waals surface area contributed by atoms with Crippen LogP contribution in [0.15, 0.2) is 57.9 Å². The normalized spacial score (nSPS) is 10.8. The molecule has 29 heavy (non-hydrogen) atoms. The molecule has 0 saturated heterocycles. The van der Waals surface area contributed by atoms with Crippen molar-refractivity contribution in [2.24, 2.45) is 0 Å². The predicted octanol–water partition coefficient (Wildman–Crippen LogP) is 3.22. The molecule has 0 radical (unpaired) electrons. The second kappa shape index (κ2) is 9.05. The number of pyridine rings is 1. The molecule has 0 saturated carbocycles. The van der Waals surface area contributed by atoms with Gasteiger partial charge in [-0.3, -0.25) is 9.59 Å². The number of nitrogens with one attached hydrogen (secondary N) is 2. The molecule has 0 unspecified atom stereocenters. The number of hydrogen-bond acceptors (Lipinski definition) is 5. The Morgan fingerprint density at radius 2 is 2.03 bits per heavy atom. The standard InChI is InChI=1S/C20H18F2N2O5/c1-27-16-7-4-12(11-17(16)29-20(21)22)8-9-23-18(25)13-5-6-14(24-19(13)26)15-3-2-10-28-15/h2-7,10-11,20H,8-9H2,1H3,(H,23,25)(H,24,26). The van der Waals surface area contributed by atoms with Gasteiger partial charge in [-0.2, -0.15) is 8.78 Å². The van der Waals surface area contributed by atoms with Crippen molar-refractivity contribution < 1.29 is 27.5 Å². The van der Waals surface area contributed by atoms with E-state index < -0.39 is 18.1 Å². The summed E-state index contributed by atoms with van der Waals surface area (Å²) >= 11 is 0. The van der Waals surface area contributed by atoms with E-state index in [0.29, 0.717) is 23.4 Å². The maximum atomic E-state index is 12.5. The maximum absolute atomic E-state index is 12.5. The van der Waals surface area contributed by atoms with E-state index in [1.165, 1.54) is 31.6 Å². The van der Waals surface area contributed by atoms with Crippen molar-refractivity contribution in [3.8, 4) is 23.0 Å². The molecule has 0 fully saturated rings. The van der Waals surface area contributed by atoms with Gasteiger partial charge in [0.1, 0.15) is 11.3 Å². The Kier molecular flexibility index (Phi) is 6.28. The van der Waals surface area contributed by atoms with Gasteiger partial charge >= 0.3 is 6.61 Å². The van der Waals surface area contributed by atoms with Crippen LogP contribution in [0.5, 0.6) is 11.5 Å². The van der Waals surface area contributed by atoms with Crippen molar-refractivity contribution in [3.63, 3.8) is 0 Å². The number of hydrogen-bond donors (Lipinski definition) is 2. The number of amides is 1. The Morgan fingerprint density at radius 3 is 2.69 bits per heavy atom. The molecule has 0 bridgehead atoms. The van der Waals surface area contributed by atoms with Crippen LogP contribution in [0.3, 0.4) is 0 Å². The number of aromatic nitrogens is 1. The molecule has 1 amide bonds. The molecule has 0 atom stereocenters. The van der Waals surface area contributed by atoms with Crippen molar-refractivity contribution >= 4 is 5.91 Å². The lowest BCUT2D eigenvalue weighted by molar-refractivity contribution is -0.0512. The predicted molar refractivity (Wildman–Crippen MR) is 100 cm³/mol. The van der Waals surface area contributed by atoms with Crippen LogP contribution in [0.2, 0.25) is 0 Å². The fraction of sp³-hybridized carbons (Fsp3) is 0.200. The zero-order valence-electron chi connectivity index (χ0n) is 15.4. The lowest BCUT2D eigenvalue weighted by Gasteiger charge is -2.12. The lowest BCUT2D eigenvalue weighted by atomic mass is 10.1. The van der Waals surface area contributed by atoms with Crippen LogP contribution in [0.25, 0.3) is 11.5 Å². The summed E-state index contributed by atoms with van der Waals surface area (Å²) in [5.74, 6) is 0.0303. The number of aromatic amines is 1. The van der Waals surface area contributed by atoms with Crippen LogP contribution in [0.4, 0.5) is 8.78 Å². The van der Waals surface area contributed by atoms with Crippen LogP contribution in [-0.2, 0) is 6.42 Å². The number of furan rings is 1. The van der Waals surface area contributed by atoms with Crippen molar-refractivity contribution in [2.45, 2.75) is 13.0 Å². The molecule has 0 spiro atoms. The second-order valence-corrected chi connectivity index (χ2v) is 5.96. The van der Waals surface area contributed by atoms with E-state index in [-0.39, 0.29) is 23.6 Å². The van der Waals surface area contributed by atoms with Gasteiger partial charge in [-0.15, -0.1) is 0 Å². The van der Waals surface area contributed by atoms with Gasteiger partial charge in [-0.1, -0.05) is 6.07 Å². The molecule has 2 N–H and O–H groups in total.